The molecule has 2 aromatic rings. The second-order valence-corrected chi connectivity index (χ2v) is 5.93. The number of nitro groups is 1. The van der Waals surface area contributed by atoms with E-state index in [4.69, 9.17) is 5.11 Å². The minimum Gasteiger partial charge on any atom is -0.477 e. The van der Waals surface area contributed by atoms with Crippen LogP contribution in [0, 0.1) is 17.0 Å². The molecule has 0 atom stereocenters. The number of halogens is 1. The summed E-state index contributed by atoms with van der Waals surface area (Å²) in [6.07, 6.45) is 1.13. The molecule has 0 bridgehead atoms. The number of aromatic nitrogens is 1. The summed E-state index contributed by atoms with van der Waals surface area (Å²) in [5, 5.41) is 21.6. The summed E-state index contributed by atoms with van der Waals surface area (Å²) in [5.74, 6) is -1.09. The first kappa shape index (κ1) is 15.4. The van der Waals surface area contributed by atoms with Crippen molar-refractivity contribution in [1.29, 1.82) is 0 Å². The summed E-state index contributed by atoms with van der Waals surface area (Å²) >= 11 is 4.09. The Morgan fingerprint density at radius 2 is 2.24 bits per heavy atom. The highest BCUT2D eigenvalue weighted by atomic mass is 79.9. The number of thiophene rings is 1. The molecule has 0 fully saturated rings. The summed E-state index contributed by atoms with van der Waals surface area (Å²) in [7, 11) is 0. The van der Waals surface area contributed by atoms with Gasteiger partial charge >= 0.3 is 5.97 Å². The van der Waals surface area contributed by atoms with E-state index in [2.05, 4.69) is 15.9 Å². The van der Waals surface area contributed by atoms with E-state index >= 15 is 0 Å². The van der Waals surface area contributed by atoms with Gasteiger partial charge in [-0.2, -0.15) is 0 Å². The zero-order valence-electron chi connectivity index (χ0n) is 10.7. The highest BCUT2D eigenvalue weighted by molar-refractivity contribution is 9.10. The average Bonchev–Trinajstić information content (AvgIpc) is 2.87. The van der Waals surface area contributed by atoms with Crippen LogP contribution in [0.2, 0.25) is 0 Å². The molecule has 0 aliphatic heterocycles. The van der Waals surface area contributed by atoms with Crippen molar-refractivity contribution in [3.8, 4) is 0 Å². The van der Waals surface area contributed by atoms with Crippen molar-refractivity contribution in [2.45, 2.75) is 13.5 Å². The van der Waals surface area contributed by atoms with E-state index in [0.717, 1.165) is 22.1 Å². The van der Waals surface area contributed by atoms with Crippen molar-refractivity contribution in [2.24, 2.45) is 0 Å². The van der Waals surface area contributed by atoms with E-state index < -0.39 is 16.5 Å². The van der Waals surface area contributed by atoms with Gasteiger partial charge in [0.2, 0.25) is 0 Å². The maximum absolute atomic E-state index is 12.1. The summed E-state index contributed by atoms with van der Waals surface area (Å²) in [5.41, 5.74) is 0.0268. The Balaban J connectivity index is 2.55. The highest BCUT2D eigenvalue weighted by Crippen LogP contribution is 2.24. The monoisotopic (exact) mass is 372 g/mol. The van der Waals surface area contributed by atoms with Gasteiger partial charge in [-0.15, -0.1) is 11.3 Å². The van der Waals surface area contributed by atoms with Gasteiger partial charge in [0, 0.05) is 5.56 Å². The van der Waals surface area contributed by atoms with Crippen LogP contribution in [-0.4, -0.2) is 20.6 Å². The summed E-state index contributed by atoms with van der Waals surface area (Å²) in [4.78, 5) is 33.7. The smallest absolute Gasteiger partial charge is 0.346 e. The minimum atomic E-state index is -1.09. The summed E-state index contributed by atoms with van der Waals surface area (Å²) in [6, 6.07) is 1.58. The Labute approximate surface area is 130 Å². The van der Waals surface area contributed by atoms with Crippen LogP contribution < -0.4 is 5.56 Å². The Bertz CT molecular complexity index is 795. The van der Waals surface area contributed by atoms with Crippen LogP contribution in [0.3, 0.4) is 0 Å². The van der Waals surface area contributed by atoms with Crippen LogP contribution in [0.15, 0.2) is 26.9 Å². The van der Waals surface area contributed by atoms with Gasteiger partial charge in [0.25, 0.3) is 11.2 Å². The standard InChI is InChI=1S/C12H9BrN2O5S/c1-6-8(15(19)20)5-14(11(16)9(6)13)4-7-2-3-21-10(7)12(17)18/h2-3,5H,4H2,1H3,(H,17,18). The molecule has 2 rings (SSSR count). The van der Waals surface area contributed by atoms with Crippen molar-refractivity contribution < 1.29 is 14.8 Å². The number of carbonyl (C=O) groups is 1. The van der Waals surface area contributed by atoms with Crippen LogP contribution in [0.4, 0.5) is 5.69 Å². The number of carboxylic acids is 1. The van der Waals surface area contributed by atoms with Gasteiger partial charge in [0.1, 0.15) is 4.88 Å². The molecule has 1 N–H and O–H groups in total. The van der Waals surface area contributed by atoms with Crippen LogP contribution >= 0.6 is 27.3 Å². The predicted molar refractivity (Wildman–Crippen MR) is 80.2 cm³/mol. The number of pyridine rings is 1. The number of hydrogen-bond acceptors (Lipinski definition) is 5. The summed E-state index contributed by atoms with van der Waals surface area (Å²) < 4.78 is 1.23. The van der Waals surface area contributed by atoms with Crippen molar-refractivity contribution in [2.75, 3.05) is 0 Å². The van der Waals surface area contributed by atoms with Crippen molar-refractivity contribution >= 4 is 38.9 Å². The lowest BCUT2D eigenvalue weighted by Gasteiger charge is -2.08. The first-order valence-electron chi connectivity index (χ1n) is 5.66. The largest absolute Gasteiger partial charge is 0.477 e. The van der Waals surface area contributed by atoms with E-state index in [-0.39, 0.29) is 27.1 Å². The van der Waals surface area contributed by atoms with Crippen LogP contribution in [-0.2, 0) is 6.54 Å². The second-order valence-electron chi connectivity index (χ2n) is 4.22. The molecule has 0 radical (unpaired) electrons. The fourth-order valence-corrected chi connectivity index (χ4v) is 3.02. The lowest BCUT2D eigenvalue weighted by Crippen LogP contribution is -2.23. The maximum atomic E-state index is 12.1. The van der Waals surface area contributed by atoms with Crippen molar-refractivity contribution in [1.82, 2.24) is 4.57 Å². The van der Waals surface area contributed by atoms with Gasteiger partial charge in [0.05, 0.1) is 22.1 Å². The second kappa shape index (κ2) is 5.78. The zero-order valence-corrected chi connectivity index (χ0v) is 13.1. The number of nitrogens with zero attached hydrogens (tertiary/aromatic N) is 2. The average molecular weight is 373 g/mol. The molecule has 9 heteroatoms. The number of rotatable bonds is 4. The van der Waals surface area contributed by atoms with Gasteiger partial charge in [0.15, 0.2) is 0 Å². The van der Waals surface area contributed by atoms with Gasteiger partial charge in [-0.3, -0.25) is 14.9 Å². The Kier molecular flexibility index (Phi) is 4.24. The third-order valence-electron chi connectivity index (χ3n) is 2.92. The Morgan fingerprint density at radius 1 is 1.57 bits per heavy atom. The summed E-state index contributed by atoms with van der Waals surface area (Å²) in [6.45, 7) is 1.44. The Hall–Kier alpha value is -2.00. The third kappa shape index (κ3) is 2.88. The normalized spacial score (nSPS) is 10.6. The van der Waals surface area contributed by atoms with E-state index in [1.165, 1.54) is 6.92 Å². The molecule has 2 heterocycles. The molecule has 0 aromatic carbocycles. The molecular formula is C12H9BrN2O5S. The molecule has 0 saturated carbocycles. The van der Waals surface area contributed by atoms with E-state index in [0.29, 0.717) is 5.56 Å². The number of aromatic carboxylic acids is 1. The fraction of sp³-hybridized carbons (Fsp3) is 0.167. The molecule has 0 unspecified atom stereocenters. The molecule has 0 aliphatic carbocycles. The molecule has 21 heavy (non-hydrogen) atoms. The highest BCUT2D eigenvalue weighted by Gasteiger charge is 2.20. The minimum absolute atomic E-state index is 0.0380. The first-order chi connectivity index (χ1) is 9.82. The molecule has 110 valence electrons. The lowest BCUT2D eigenvalue weighted by molar-refractivity contribution is -0.386. The van der Waals surface area contributed by atoms with Crippen molar-refractivity contribution in [3.63, 3.8) is 0 Å². The Morgan fingerprint density at radius 3 is 2.81 bits per heavy atom. The quantitative estimate of drug-likeness (QED) is 0.656. The first-order valence-corrected chi connectivity index (χ1v) is 7.33. The SMILES string of the molecule is Cc1c([N+](=O)[O-])cn(Cc2ccsc2C(=O)O)c(=O)c1Br. The number of hydrogen-bond donors (Lipinski definition) is 1. The van der Waals surface area contributed by atoms with Gasteiger partial charge in [-0.1, -0.05) is 0 Å². The molecule has 0 aliphatic rings. The molecule has 0 amide bonds. The fourth-order valence-electron chi connectivity index (χ4n) is 1.83. The molecule has 7 nitrogen and oxygen atoms in total. The van der Waals surface area contributed by atoms with Gasteiger partial charge in [-0.05, 0) is 39.9 Å². The number of carboxylic acid groups (broad SMARTS) is 1. The van der Waals surface area contributed by atoms with E-state index in [9.17, 15) is 19.7 Å². The van der Waals surface area contributed by atoms with Crippen molar-refractivity contribution in [3.05, 3.63) is 58.6 Å². The molecule has 2 aromatic heterocycles. The lowest BCUT2D eigenvalue weighted by atomic mass is 10.2. The third-order valence-corrected chi connectivity index (χ3v) is 4.80. The van der Waals surface area contributed by atoms with E-state index in [1.807, 2.05) is 0 Å². The van der Waals surface area contributed by atoms with E-state index in [1.54, 1.807) is 11.4 Å². The molecule has 0 spiro atoms. The molecule has 0 saturated heterocycles. The molecular weight excluding hydrogens is 364 g/mol. The zero-order chi connectivity index (χ0) is 15.7. The predicted octanol–water partition coefficient (Wildman–Crippen LogP) is 2.64. The van der Waals surface area contributed by atoms with Crippen LogP contribution in [0.5, 0.6) is 0 Å². The van der Waals surface area contributed by atoms with Crippen LogP contribution in [0.25, 0.3) is 0 Å². The van der Waals surface area contributed by atoms with Crippen LogP contribution in [0.1, 0.15) is 20.8 Å². The maximum Gasteiger partial charge on any atom is 0.346 e. The topological polar surface area (TPSA) is 102 Å². The van der Waals surface area contributed by atoms with Gasteiger partial charge < -0.3 is 9.67 Å². The van der Waals surface area contributed by atoms with Gasteiger partial charge in [-0.25, -0.2) is 4.79 Å².